The first-order chi connectivity index (χ1) is 8.82. The number of rotatable bonds is 4. The summed E-state index contributed by atoms with van der Waals surface area (Å²) in [6, 6.07) is 3.22. The molecule has 0 fully saturated rings. The van der Waals surface area contributed by atoms with Crippen LogP contribution in [0, 0.1) is 5.82 Å². The molecule has 0 aliphatic rings. The molecule has 0 atom stereocenters. The maximum Gasteiger partial charge on any atom is 0.419 e. The van der Waals surface area contributed by atoms with Crippen LogP contribution in [0.3, 0.4) is 0 Å². The number of hydrogen-bond acceptors (Lipinski definition) is 2. The highest BCUT2D eigenvalue weighted by atomic mass is 32.2. The van der Waals surface area contributed by atoms with Crippen molar-refractivity contribution >= 4 is 23.0 Å². The van der Waals surface area contributed by atoms with Crippen molar-refractivity contribution in [2.45, 2.75) is 19.5 Å². The van der Waals surface area contributed by atoms with Crippen molar-refractivity contribution in [3.05, 3.63) is 41.2 Å². The van der Waals surface area contributed by atoms with Crippen molar-refractivity contribution in [3.8, 4) is 0 Å². The number of halogens is 4. The van der Waals surface area contributed by atoms with Gasteiger partial charge < -0.3 is 0 Å². The van der Waals surface area contributed by atoms with Crippen LogP contribution in [0.2, 0.25) is 0 Å². The molecule has 0 heterocycles. The lowest BCUT2D eigenvalue weighted by molar-refractivity contribution is -0.140. The predicted octanol–water partition coefficient (Wildman–Crippen LogP) is 4.53. The summed E-state index contributed by atoms with van der Waals surface area (Å²) in [7, 11) is 0. The zero-order valence-electron chi connectivity index (χ0n) is 10.1. The van der Waals surface area contributed by atoms with Crippen molar-refractivity contribution in [2.24, 2.45) is 0 Å². The van der Waals surface area contributed by atoms with E-state index in [0.717, 1.165) is 17.8 Å². The quantitative estimate of drug-likeness (QED) is 0.599. The highest BCUT2D eigenvalue weighted by molar-refractivity contribution is 8.13. The van der Waals surface area contributed by atoms with Crippen molar-refractivity contribution in [1.82, 2.24) is 0 Å². The number of alkyl halides is 3. The van der Waals surface area contributed by atoms with E-state index in [9.17, 15) is 22.4 Å². The smallest absolute Gasteiger partial charge is 0.288 e. The average molecular weight is 292 g/mol. The normalized spacial score (nSPS) is 12.1. The van der Waals surface area contributed by atoms with E-state index in [1.807, 2.05) is 0 Å². The van der Waals surface area contributed by atoms with E-state index in [1.165, 1.54) is 31.2 Å². The van der Waals surface area contributed by atoms with E-state index >= 15 is 0 Å². The third-order valence-electron chi connectivity index (χ3n) is 2.22. The molecule has 0 aliphatic heterocycles. The van der Waals surface area contributed by atoms with Crippen LogP contribution in [0.5, 0.6) is 0 Å². The fraction of sp³-hybridized carbons (Fsp3) is 0.308. The molecule has 6 heteroatoms. The number of carbonyl (C=O) groups excluding carboxylic acids is 1. The Morgan fingerprint density at radius 3 is 2.63 bits per heavy atom. The summed E-state index contributed by atoms with van der Waals surface area (Å²) in [5, 5.41) is -0.0462. The summed E-state index contributed by atoms with van der Waals surface area (Å²) < 4.78 is 51.2. The van der Waals surface area contributed by atoms with Gasteiger partial charge >= 0.3 is 6.18 Å². The van der Waals surface area contributed by atoms with Crippen LogP contribution in [0.4, 0.5) is 17.6 Å². The van der Waals surface area contributed by atoms with Gasteiger partial charge in [0.2, 0.25) is 0 Å². The molecule has 0 aromatic heterocycles. The van der Waals surface area contributed by atoms with Gasteiger partial charge in [-0.1, -0.05) is 36.0 Å². The zero-order chi connectivity index (χ0) is 14.5. The molecule has 19 heavy (non-hydrogen) atoms. The number of allylic oxidation sites excluding steroid dienone is 1. The molecule has 0 bridgehead atoms. The molecule has 1 aromatic carbocycles. The van der Waals surface area contributed by atoms with Crippen LogP contribution in [0.25, 0.3) is 6.08 Å². The molecule has 0 aliphatic carbocycles. The summed E-state index contributed by atoms with van der Waals surface area (Å²) in [6.07, 6.45) is -1.55. The monoisotopic (exact) mass is 292 g/mol. The van der Waals surface area contributed by atoms with Gasteiger partial charge in [0, 0.05) is 12.7 Å². The second-order valence-corrected chi connectivity index (χ2v) is 5.00. The molecule has 0 saturated heterocycles. The Bertz CT molecular complexity index is 480. The van der Waals surface area contributed by atoms with Gasteiger partial charge in [-0.15, -0.1) is 0 Å². The maximum absolute atomic E-state index is 13.2. The molecule has 0 spiro atoms. The van der Waals surface area contributed by atoms with Crippen LogP contribution in [-0.4, -0.2) is 10.9 Å². The molecule has 1 rings (SSSR count). The highest BCUT2D eigenvalue weighted by Crippen LogP contribution is 2.34. The minimum absolute atomic E-state index is 0.0462. The van der Waals surface area contributed by atoms with Crippen LogP contribution >= 0.6 is 11.8 Å². The van der Waals surface area contributed by atoms with Gasteiger partial charge in [-0.05, 0) is 18.1 Å². The average Bonchev–Trinajstić information content (AvgIpc) is 2.26. The molecular formula is C13H12F4OS. The molecule has 0 amide bonds. The zero-order valence-corrected chi connectivity index (χ0v) is 10.9. The second-order valence-electron chi connectivity index (χ2n) is 3.73. The Morgan fingerprint density at radius 2 is 2.05 bits per heavy atom. The van der Waals surface area contributed by atoms with Crippen LogP contribution < -0.4 is 0 Å². The molecule has 1 aromatic rings. The fourth-order valence-electron chi connectivity index (χ4n) is 1.46. The Labute approximate surface area is 112 Å². The second kappa shape index (κ2) is 6.75. The highest BCUT2D eigenvalue weighted by Gasteiger charge is 2.35. The van der Waals surface area contributed by atoms with Crippen LogP contribution in [0.1, 0.15) is 24.5 Å². The number of thioether (sulfide) groups is 1. The van der Waals surface area contributed by atoms with E-state index in [-0.39, 0.29) is 10.7 Å². The predicted molar refractivity (Wildman–Crippen MR) is 68.2 cm³/mol. The van der Waals surface area contributed by atoms with E-state index in [2.05, 4.69) is 0 Å². The molecular weight excluding hydrogens is 280 g/mol. The Morgan fingerprint density at radius 1 is 1.37 bits per heavy atom. The minimum atomic E-state index is -4.72. The Hall–Kier alpha value is -1.30. The van der Waals surface area contributed by atoms with Gasteiger partial charge in [-0.2, -0.15) is 13.2 Å². The van der Waals surface area contributed by atoms with Crippen molar-refractivity contribution < 1.29 is 22.4 Å². The lowest BCUT2D eigenvalue weighted by Crippen LogP contribution is -2.10. The lowest BCUT2D eigenvalue weighted by atomic mass is 10.1. The third kappa shape index (κ3) is 5.06. The molecule has 1 nitrogen and oxygen atoms in total. The molecule has 104 valence electrons. The molecule has 0 N–H and O–H groups in total. The first-order valence-corrected chi connectivity index (χ1v) is 6.46. The minimum Gasteiger partial charge on any atom is -0.288 e. The summed E-state index contributed by atoms with van der Waals surface area (Å²) in [6.45, 7) is 1.42. The number of benzene rings is 1. The summed E-state index contributed by atoms with van der Waals surface area (Å²) in [4.78, 5) is 10.6. The van der Waals surface area contributed by atoms with Crippen LogP contribution in [-0.2, 0) is 11.0 Å². The SMILES string of the molecule is CC(=O)SCCC=Cc1cccc(F)c1C(F)(F)F. The largest absolute Gasteiger partial charge is 0.419 e. The van der Waals surface area contributed by atoms with Gasteiger partial charge in [0.15, 0.2) is 5.12 Å². The van der Waals surface area contributed by atoms with Gasteiger partial charge in [0.05, 0.1) is 5.56 Å². The molecule has 0 radical (unpaired) electrons. The summed E-state index contributed by atoms with van der Waals surface area (Å²) in [5.41, 5.74) is -1.47. The first kappa shape index (κ1) is 15.8. The fourth-order valence-corrected chi connectivity index (χ4v) is 2.00. The van der Waals surface area contributed by atoms with Gasteiger partial charge in [-0.25, -0.2) is 4.39 Å². The van der Waals surface area contributed by atoms with E-state index in [0.29, 0.717) is 12.2 Å². The van der Waals surface area contributed by atoms with Gasteiger partial charge in [0.25, 0.3) is 0 Å². The Balaban J connectivity index is 2.81. The summed E-state index contributed by atoms with van der Waals surface area (Å²) >= 11 is 1.09. The van der Waals surface area contributed by atoms with Gasteiger partial charge in [0.1, 0.15) is 5.82 Å². The van der Waals surface area contributed by atoms with Crippen molar-refractivity contribution in [3.63, 3.8) is 0 Å². The summed E-state index contributed by atoms with van der Waals surface area (Å²) in [5.74, 6) is -0.796. The standard InChI is InChI=1S/C13H12F4OS/c1-9(18)19-8-3-2-5-10-6-4-7-11(14)12(10)13(15,16)17/h2,4-7H,3,8H2,1H3. The van der Waals surface area contributed by atoms with E-state index in [4.69, 9.17) is 0 Å². The topological polar surface area (TPSA) is 17.1 Å². The van der Waals surface area contributed by atoms with Crippen molar-refractivity contribution in [2.75, 3.05) is 5.75 Å². The lowest BCUT2D eigenvalue weighted by Gasteiger charge is -2.11. The van der Waals surface area contributed by atoms with Gasteiger partial charge in [-0.3, -0.25) is 4.79 Å². The first-order valence-electron chi connectivity index (χ1n) is 5.48. The van der Waals surface area contributed by atoms with E-state index in [1.54, 1.807) is 0 Å². The number of carbonyl (C=O) groups is 1. The third-order valence-corrected chi connectivity index (χ3v) is 3.06. The van der Waals surface area contributed by atoms with E-state index < -0.39 is 17.6 Å². The van der Waals surface area contributed by atoms with Crippen LogP contribution in [0.15, 0.2) is 24.3 Å². The number of hydrogen-bond donors (Lipinski definition) is 0. The Kier molecular flexibility index (Phi) is 5.60. The molecule has 0 saturated carbocycles. The maximum atomic E-state index is 13.2. The molecule has 0 unspecified atom stereocenters. The van der Waals surface area contributed by atoms with Crippen molar-refractivity contribution in [1.29, 1.82) is 0 Å².